The fourth-order valence-electron chi connectivity index (χ4n) is 7.70. The highest BCUT2D eigenvalue weighted by molar-refractivity contribution is 6.12. The van der Waals surface area contributed by atoms with Crippen molar-refractivity contribution in [1.82, 2.24) is 29.8 Å². The minimum atomic E-state index is -3.02. The van der Waals surface area contributed by atoms with Gasteiger partial charge < -0.3 is 29.4 Å². The third kappa shape index (κ3) is 7.92. The maximum atomic E-state index is 14.4. The van der Waals surface area contributed by atoms with Gasteiger partial charge in [0, 0.05) is 24.6 Å². The minimum Gasteiger partial charge on any atom is -0.443 e. The van der Waals surface area contributed by atoms with Gasteiger partial charge in [-0.2, -0.15) is 4.90 Å². The quantitative estimate of drug-likeness (QED) is 0.138. The number of aromatic nitrogens is 5. The van der Waals surface area contributed by atoms with Gasteiger partial charge in [0.2, 0.25) is 0 Å². The van der Waals surface area contributed by atoms with Crippen molar-refractivity contribution >= 4 is 34.9 Å². The average Bonchev–Trinajstić information content (AvgIpc) is 3.38. The zero-order valence-corrected chi connectivity index (χ0v) is 32.8. The van der Waals surface area contributed by atoms with Gasteiger partial charge in [0.15, 0.2) is 28.6 Å². The molecule has 13 nitrogen and oxygen atoms in total. The molecular formula is C41H44F4N8O5. The molecule has 1 aliphatic heterocycles. The Morgan fingerprint density at radius 3 is 2.28 bits per heavy atom. The number of aliphatic hydroxyl groups excluding tert-OH is 1. The van der Waals surface area contributed by atoms with E-state index in [1.807, 2.05) is 35.2 Å². The van der Waals surface area contributed by atoms with Crippen LogP contribution in [0.3, 0.4) is 0 Å². The van der Waals surface area contributed by atoms with E-state index in [2.05, 4.69) is 25.3 Å². The number of nitrogens with one attached hydrogen (secondary N) is 1. The maximum Gasteiger partial charge on any atom is 0.425 e. The summed E-state index contributed by atoms with van der Waals surface area (Å²) in [6.07, 6.45) is -2.45. The number of aliphatic hydroxyl groups is 1. The highest BCUT2D eigenvalue weighted by atomic mass is 19.3. The number of carbonyl (C=O) groups is 2. The van der Waals surface area contributed by atoms with Gasteiger partial charge >= 0.3 is 12.2 Å². The van der Waals surface area contributed by atoms with Gasteiger partial charge in [-0.1, -0.05) is 30.3 Å². The number of ether oxygens (including phenoxy) is 2. The number of amides is 2. The molecule has 2 amide bonds. The normalized spacial score (nSPS) is 19.6. The summed E-state index contributed by atoms with van der Waals surface area (Å²) >= 11 is 0. The van der Waals surface area contributed by atoms with Crippen molar-refractivity contribution in [3.05, 3.63) is 96.2 Å². The van der Waals surface area contributed by atoms with Crippen molar-refractivity contribution in [2.45, 2.75) is 96.4 Å². The monoisotopic (exact) mass is 804 g/mol. The number of piperidine rings is 1. The molecule has 4 atom stereocenters. The molecule has 0 radical (unpaired) electrons. The molecule has 0 bridgehead atoms. The Bertz CT molecular complexity index is 2310. The molecule has 2 aromatic carbocycles. The molecule has 2 fully saturated rings. The van der Waals surface area contributed by atoms with Crippen molar-refractivity contribution in [3.8, 4) is 11.3 Å². The van der Waals surface area contributed by atoms with E-state index < -0.39 is 59.1 Å². The molecule has 17 heteroatoms. The summed E-state index contributed by atoms with van der Waals surface area (Å²) in [6, 6.07) is 13.8. The van der Waals surface area contributed by atoms with Crippen molar-refractivity contribution in [3.63, 3.8) is 0 Å². The first kappa shape index (κ1) is 40.5. The summed E-state index contributed by atoms with van der Waals surface area (Å²) in [7, 11) is 0. The lowest BCUT2D eigenvalue weighted by atomic mass is 10.0. The number of alkyl halides is 2. The lowest BCUT2D eigenvalue weighted by molar-refractivity contribution is -0.0398. The average molecular weight is 805 g/mol. The number of rotatable bonds is 10. The lowest BCUT2D eigenvalue weighted by Crippen LogP contribution is -2.54. The Kier molecular flexibility index (Phi) is 10.7. The fraction of sp³-hybridized carbons (Fsp3) is 0.415. The smallest absolute Gasteiger partial charge is 0.425 e. The molecule has 0 spiro atoms. The molecule has 58 heavy (non-hydrogen) atoms. The Morgan fingerprint density at radius 2 is 1.64 bits per heavy atom. The van der Waals surface area contributed by atoms with Crippen LogP contribution in [0.4, 0.5) is 38.7 Å². The number of nitrogens with zero attached hydrogens (tertiary/aromatic N) is 7. The SMILES string of the molecule is CC(C)(C)OC(=O)N(C(=O)OC(C)(C)C)c1ncnc2c1ncn2Cc1cc(-c2ccc(F)c(F)c2)ncc1N1CCC2C1[C@@]2(NCc1ccccc1)[C@H](O)C(F)F. The molecule has 1 aliphatic carbocycles. The van der Waals surface area contributed by atoms with Crippen LogP contribution in [-0.4, -0.2) is 83.7 Å². The third-order valence-corrected chi connectivity index (χ3v) is 10.1. The number of fused-ring (bicyclic) bond motifs is 2. The molecule has 2 unspecified atom stereocenters. The predicted octanol–water partition coefficient (Wildman–Crippen LogP) is 7.25. The molecule has 4 heterocycles. The van der Waals surface area contributed by atoms with Crippen LogP contribution in [-0.2, 0) is 22.6 Å². The van der Waals surface area contributed by atoms with Gasteiger partial charge in [-0.05, 0) is 83.4 Å². The summed E-state index contributed by atoms with van der Waals surface area (Å²) in [5.41, 5.74) is -0.478. The minimum absolute atomic E-state index is 0.0239. The van der Waals surface area contributed by atoms with Crippen LogP contribution in [0.25, 0.3) is 22.4 Å². The Hall–Kier alpha value is -5.68. The first-order valence-electron chi connectivity index (χ1n) is 18.8. The van der Waals surface area contributed by atoms with Crippen molar-refractivity contribution in [2.24, 2.45) is 5.92 Å². The predicted molar refractivity (Wildman–Crippen MR) is 206 cm³/mol. The van der Waals surface area contributed by atoms with Gasteiger partial charge in [0.05, 0.1) is 42.0 Å². The summed E-state index contributed by atoms with van der Waals surface area (Å²) in [5.74, 6) is -2.61. The summed E-state index contributed by atoms with van der Waals surface area (Å²) < 4.78 is 69.9. The number of benzene rings is 2. The molecular weight excluding hydrogens is 760 g/mol. The van der Waals surface area contributed by atoms with E-state index in [1.54, 1.807) is 58.4 Å². The largest absolute Gasteiger partial charge is 0.443 e. The number of anilines is 2. The van der Waals surface area contributed by atoms with Crippen LogP contribution in [0.15, 0.2) is 73.4 Å². The van der Waals surface area contributed by atoms with Crippen LogP contribution in [0.2, 0.25) is 0 Å². The molecule has 7 rings (SSSR count). The molecule has 3 aromatic heterocycles. The highest BCUT2D eigenvalue weighted by Gasteiger charge is 2.74. The number of imide groups is 1. The molecule has 2 N–H and O–H groups in total. The van der Waals surface area contributed by atoms with E-state index in [4.69, 9.17) is 9.47 Å². The van der Waals surface area contributed by atoms with E-state index in [0.29, 0.717) is 34.8 Å². The molecule has 1 saturated heterocycles. The van der Waals surface area contributed by atoms with Crippen LogP contribution in [0.1, 0.15) is 59.1 Å². The highest BCUT2D eigenvalue weighted by Crippen LogP contribution is 2.58. The van der Waals surface area contributed by atoms with E-state index in [0.717, 1.165) is 24.0 Å². The van der Waals surface area contributed by atoms with Crippen LogP contribution >= 0.6 is 0 Å². The third-order valence-electron chi connectivity index (χ3n) is 10.1. The molecule has 306 valence electrons. The second-order valence-electron chi connectivity index (χ2n) is 16.5. The standard InChI is InChI=1S/C41H44F4N8O5/c1-39(2,3)57-37(55)53(38(56)58-40(4,5)6)36-31-35(47-21-48-36)51(22-49-31)20-25-17-29(24-12-13-27(42)28(43)16-24)46-19-30(25)52-15-14-26-32(52)41(26,33(54)34(44)45)50-18-23-10-8-7-9-11-23/h7-13,16-17,19,21-22,26,32-34,50,54H,14-15,18,20H2,1-6H3/t26?,32?,33-,41-/m1/s1. The second kappa shape index (κ2) is 15.2. The van der Waals surface area contributed by atoms with Gasteiger partial charge in [-0.25, -0.2) is 42.1 Å². The Morgan fingerprint density at radius 1 is 0.948 bits per heavy atom. The Balaban J connectivity index is 1.29. The first-order chi connectivity index (χ1) is 27.4. The lowest BCUT2D eigenvalue weighted by Gasteiger charge is -2.33. The van der Waals surface area contributed by atoms with Crippen molar-refractivity contribution in [2.75, 3.05) is 16.3 Å². The zero-order valence-electron chi connectivity index (χ0n) is 32.8. The van der Waals surface area contributed by atoms with Crippen LogP contribution < -0.4 is 15.1 Å². The number of pyridine rings is 1. The summed E-state index contributed by atoms with van der Waals surface area (Å²) in [4.78, 5) is 47.4. The van der Waals surface area contributed by atoms with Gasteiger partial charge in [0.1, 0.15) is 23.6 Å². The first-order valence-corrected chi connectivity index (χ1v) is 18.8. The summed E-state index contributed by atoms with van der Waals surface area (Å²) in [6.45, 7) is 10.6. The zero-order chi connectivity index (χ0) is 41.7. The number of carbonyl (C=O) groups excluding carboxylic acids is 2. The fourth-order valence-corrected chi connectivity index (χ4v) is 7.70. The molecule has 1 saturated carbocycles. The van der Waals surface area contributed by atoms with E-state index in [1.165, 1.54) is 12.4 Å². The molecule has 5 aromatic rings. The van der Waals surface area contributed by atoms with Gasteiger partial charge in [-0.3, -0.25) is 4.98 Å². The maximum absolute atomic E-state index is 14.4. The Labute approximate surface area is 332 Å². The second-order valence-corrected chi connectivity index (χ2v) is 16.5. The van der Waals surface area contributed by atoms with E-state index in [9.17, 15) is 32.3 Å². The van der Waals surface area contributed by atoms with E-state index in [-0.39, 0.29) is 41.6 Å². The van der Waals surface area contributed by atoms with Crippen molar-refractivity contribution < 1.29 is 41.7 Å². The summed E-state index contributed by atoms with van der Waals surface area (Å²) in [5, 5.41) is 14.3. The van der Waals surface area contributed by atoms with Crippen molar-refractivity contribution in [1.29, 1.82) is 0 Å². The van der Waals surface area contributed by atoms with Crippen LogP contribution in [0.5, 0.6) is 0 Å². The molecule has 2 aliphatic rings. The van der Waals surface area contributed by atoms with Gasteiger partial charge in [0.25, 0.3) is 6.43 Å². The number of imidazole rings is 1. The van der Waals surface area contributed by atoms with Gasteiger partial charge in [-0.15, -0.1) is 0 Å². The number of hydrogen-bond acceptors (Lipinski definition) is 11. The van der Waals surface area contributed by atoms with Crippen LogP contribution in [0, 0.1) is 17.6 Å². The van der Waals surface area contributed by atoms with E-state index >= 15 is 0 Å². The topological polar surface area (TPSA) is 148 Å². The number of hydrogen-bond donors (Lipinski definition) is 2. The number of halogens is 4.